The topological polar surface area (TPSA) is 106 Å². The molecule has 3 N–H and O–H groups in total. The molecule has 1 fully saturated rings. The molecule has 1 saturated heterocycles. The van der Waals surface area contributed by atoms with Gasteiger partial charge in [0.05, 0.1) is 24.6 Å². The van der Waals surface area contributed by atoms with Gasteiger partial charge in [-0.05, 0) is 12.1 Å². The van der Waals surface area contributed by atoms with Crippen LogP contribution in [-0.2, 0) is 4.74 Å². The number of para-hydroxylation sites is 2. The van der Waals surface area contributed by atoms with Crippen molar-refractivity contribution >= 4 is 11.5 Å². The number of nitrogens with zero attached hydrogens (tertiary/aromatic N) is 2. The molecule has 0 radical (unpaired) electrons. The smallest absolute Gasteiger partial charge is 0.351 e. The number of aliphatic hydroxyl groups is 2. The van der Waals surface area contributed by atoms with Gasteiger partial charge in [-0.1, -0.05) is 39.8 Å². The Morgan fingerprint density at radius 1 is 1.22 bits per heavy atom. The van der Waals surface area contributed by atoms with E-state index < -0.39 is 24.1 Å². The van der Waals surface area contributed by atoms with Gasteiger partial charge in [-0.15, -0.1) is 0 Å². The third kappa shape index (κ3) is 4.29. The lowest BCUT2D eigenvalue weighted by atomic mass is 10.2. The van der Waals surface area contributed by atoms with Crippen molar-refractivity contribution in [3.05, 3.63) is 40.9 Å². The van der Waals surface area contributed by atoms with Crippen LogP contribution in [0.2, 0.25) is 0 Å². The summed E-state index contributed by atoms with van der Waals surface area (Å²) in [4.78, 5) is 16.2. The van der Waals surface area contributed by atoms with Crippen molar-refractivity contribution in [3.8, 4) is 11.5 Å². The summed E-state index contributed by atoms with van der Waals surface area (Å²) in [6.07, 6.45) is -0.510. The van der Waals surface area contributed by atoms with Crippen LogP contribution in [-0.4, -0.2) is 38.6 Å². The third-order valence-electron chi connectivity index (χ3n) is 3.97. The number of hydrogen-bond donors (Lipinski definition) is 3. The van der Waals surface area contributed by atoms with Crippen LogP contribution in [0.4, 0.5) is 11.5 Å². The van der Waals surface area contributed by atoms with Crippen molar-refractivity contribution in [2.45, 2.75) is 52.6 Å². The Balaban J connectivity index is 0.000000614. The number of aliphatic hydroxyl groups excluding tert-OH is 2. The molecule has 8 heteroatoms. The minimum absolute atomic E-state index is 0.204. The van der Waals surface area contributed by atoms with Gasteiger partial charge in [-0.3, -0.25) is 4.57 Å². The molecule has 2 aromatic rings. The average Bonchev–Trinajstić information content (AvgIpc) is 3.09. The first kappa shape index (κ1) is 20.9. The molecule has 0 bridgehead atoms. The van der Waals surface area contributed by atoms with E-state index in [0.29, 0.717) is 17.3 Å². The molecule has 148 valence electrons. The molecule has 2 unspecified atom stereocenters. The van der Waals surface area contributed by atoms with Crippen molar-refractivity contribution in [1.82, 2.24) is 9.55 Å². The maximum Gasteiger partial charge on any atom is 0.351 e. The number of rotatable bonds is 2. The number of ether oxygens (including phenoxy) is 2. The van der Waals surface area contributed by atoms with Crippen molar-refractivity contribution < 1.29 is 19.7 Å². The SMILES string of the molecule is CC.CC.O=c1nc2c(cn1C1C[C@@H](O)C(CO)O1)Oc1ccccc1N2. The van der Waals surface area contributed by atoms with Crippen LogP contribution >= 0.6 is 0 Å². The van der Waals surface area contributed by atoms with E-state index in [0.717, 1.165) is 5.69 Å². The normalized spacial score (nSPS) is 21.9. The van der Waals surface area contributed by atoms with Crippen LogP contribution in [0.5, 0.6) is 11.5 Å². The van der Waals surface area contributed by atoms with Gasteiger partial charge >= 0.3 is 5.69 Å². The third-order valence-corrected chi connectivity index (χ3v) is 3.97. The van der Waals surface area contributed by atoms with E-state index in [1.54, 1.807) is 6.07 Å². The standard InChI is InChI=1S/C15H15N3O5.2C2H6/c19-7-12-9(20)5-13(23-12)18-6-11-14(17-15(18)21)16-8-3-1-2-4-10(8)22-11;2*1-2/h1-4,6,9,12-13,19-20H,5,7H2,(H,16,17,21);2*1-2H3/t9-,12?,13?;;/m1../s1. The number of nitrogens with one attached hydrogen (secondary N) is 1. The zero-order valence-electron chi connectivity index (χ0n) is 16.0. The zero-order valence-corrected chi connectivity index (χ0v) is 16.0. The minimum atomic E-state index is -0.826. The highest BCUT2D eigenvalue weighted by molar-refractivity contribution is 5.72. The van der Waals surface area contributed by atoms with E-state index in [1.807, 2.05) is 45.9 Å². The molecule has 4 rings (SSSR count). The van der Waals surface area contributed by atoms with E-state index in [9.17, 15) is 9.90 Å². The number of hydrogen-bond acceptors (Lipinski definition) is 7. The Morgan fingerprint density at radius 3 is 2.59 bits per heavy atom. The first-order chi connectivity index (χ1) is 13.2. The fourth-order valence-electron chi connectivity index (χ4n) is 2.78. The molecule has 0 aliphatic carbocycles. The lowest BCUT2D eigenvalue weighted by Gasteiger charge is -2.22. The van der Waals surface area contributed by atoms with Gasteiger partial charge in [0.2, 0.25) is 0 Å². The van der Waals surface area contributed by atoms with Gasteiger partial charge in [0.1, 0.15) is 12.3 Å². The Labute approximate surface area is 158 Å². The van der Waals surface area contributed by atoms with Crippen LogP contribution in [0.15, 0.2) is 35.3 Å². The van der Waals surface area contributed by atoms with Crippen LogP contribution < -0.4 is 15.7 Å². The first-order valence-electron chi connectivity index (χ1n) is 9.27. The van der Waals surface area contributed by atoms with Gasteiger partial charge in [0, 0.05) is 6.42 Å². The maximum absolute atomic E-state index is 12.2. The van der Waals surface area contributed by atoms with E-state index in [2.05, 4.69) is 10.3 Å². The molecule has 3 atom stereocenters. The van der Waals surface area contributed by atoms with Gasteiger partial charge in [0.25, 0.3) is 0 Å². The molecular weight excluding hydrogens is 350 g/mol. The predicted octanol–water partition coefficient (Wildman–Crippen LogP) is 2.79. The van der Waals surface area contributed by atoms with Crippen molar-refractivity contribution in [1.29, 1.82) is 0 Å². The minimum Gasteiger partial charge on any atom is -0.450 e. The summed E-state index contributed by atoms with van der Waals surface area (Å²) in [5, 5.41) is 22.0. The van der Waals surface area contributed by atoms with Crippen LogP contribution in [0.1, 0.15) is 40.3 Å². The summed E-state index contributed by atoms with van der Waals surface area (Å²) in [7, 11) is 0. The predicted molar refractivity (Wildman–Crippen MR) is 103 cm³/mol. The van der Waals surface area contributed by atoms with Crippen LogP contribution in [0, 0.1) is 0 Å². The highest BCUT2D eigenvalue weighted by Gasteiger charge is 2.35. The highest BCUT2D eigenvalue weighted by atomic mass is 16.5. The first-order valence-corrected chi connectivity index (χ1v) is 9.27. The number of benzene rings is 1. The monoisotopic (exact) mass is 377 g/mol. The van der Waals surface area contributed by atoms with Gasteiger partial charge < -0.3 is 25.0 Å². The van der Waals surface area contributed by atoms with E-state index in [1.165, 1.54) is 10.8 Å². The summed E-state index contributed by atoms with van der Waals surface area (Å²) in [6, 6.07) is 7.33. The Morgan fingerprint density at radius 2 is 1.93 bits per heavy atom. The van der Waals surface area contributed by atoms with Crippen LogP contribution in [0.3, 0.4) is 0 Å². The summed E-state index contributed by atoms with van der Waals surface area (Å²) >= 11 is 0. The second-order valence-corrected chi connectivity index (χ2v) is 5.48. The summed E-state index contributed by atoms with van der Waals surface area (Å²) in [6.45, 7) is 7.69. The van der Waals surface area contributed by atoms with Gasteiger partial charge in [0.15, 0.2) is 17.3 Å². The molecule has 0 amide bonds. The molecule has 3 heterocycles. The summed E-state index contributed by atoms with van der Waals surface area (Å²) in [5.41, 5.74) is 0.215. The second-order valence-electron chi connectivity index (χ2n) is 5.48. The van der Waals surface area contributed by atoms with E-state index in [4.69, 9.17) is 14.6 Å². The summed E-state index contributed by atoms with van der Waals surface area (Å²) < 4.78 is 12.5. The summed E-state index contributed by atoms with van der Waals surface area (Å²) in [5.74, 6) is 1.36. The average molecular weight is 377 g/mol. The van der Waals surface area contributed by atoms with Gasteiger partial charge in [-0.25, -0.2) is 4.79 Å². The number of aromatic nitrogens is 2. The molecular formula is C19H27N3O5. The molecule has 1 aromatic carbocycles. The molecule has 1 aromatic heterocycles. The zero-order chi connectivity index (χ0) is 20.0. The van der Waals surface area contributed by atoms with E-state index >= 15 is 0 Å². The Kier molecular flexibility index (Phi) is 7.35. The van der Waals surface area contributed by atoms with Crippen molar-refractivity contribution in [3.63, 3.8) is 0 Å². The van der Waals surface area contributed by atoms with Crippen LogP contribution in [0.25, 0.3) is 0 Å². The lowest BCUT2D eigenvalue weighted by molar-refractivity contribution is -0.0459. The number of fused-ring (bicyclic) bond motifs is 2. The molecule has 8 nitrogen and oxygen atoms in total. The van der Waals surface area contributed by atoms with Crippen molar-refractivity contribution in [2.75, 3.05) is 11.9 Å². The highest BCUT2D eigenvalue weighted by Crippen LogP contribution is 2.40. The largest absolute Gasteiger partial charge is 0.450 e. The molecule has 2 aliphatic heterocycles. The quantitative estimate of drug-likeness (QED) is 0.630. The van der Waals surface area contributed by atoms with E-state index in [-0.39, 0.29) is 13.0 Å². The Hall–Kier alpha value is -2.42. The Bertz CT molecular complexity index is 808. The molecule has 0 saturated carbocycles. The lowest BCUT2D eigenvalue weighted by Crippen LogP contribution is -2.28. The number of anilines is 2. The fraction of sp³-hybridized carbons (Fsp3) is 0.474. The fourth-order valence-corrected chi connectivity index (χ4v) is 2.78. The molecule has 27 heavy (non-hydrogen) atoms. The molecule has 2 aliphatic rings. The second kappa shape index (κ2) is 9.50. The molecule has 0 spiro atoms. The van der Waals surface area contributed by atoms with Gasteiger partial charge in [-0.2, -0.15) is 4.98 Å². The van der Waals surface area contributed by atoms with Crippen molar-refractivity contribution in [2.24, 2.45) is 0 Å². The maximum atomic E-state index is 12.2.